The molecule has 0 unspecified atom stereocenters. The van der Waals surface area contributed by atoms with Gasteiger partial charge in [-0.2, -0.15) is 0 Å². The van der Waals surface area contributed by atoms with E-state index >= 15 is 0 Å². The fraction of sp³-hybridized carbons (Fsp3) is 0.600. The normalized spacial score (nSPS) is 17.5. The van der Waals surface area contributed by atoms with Crippen LogP contribution in [-0.4, -0.2) is 34.9 Å². The molecule has 0 spiro atoms. The average Bonchev–Trinajstić information content (AvgIpc) is 3.03. The predicted octanol–water partition coefficient (Wildman–Crippen LogP) is 3.63. The topological polar surface area (TPSA) is 87.7 Å². The first-order chi connectivity index (χ1) is 12.2. The second kappa shape index (κ2) is 8.54. The van der Waals surface area contributed by atoms with E-state index in [1.807, 2.05) is 51.1 Å². The number of hydrogen-bond acceptors (Lipinski definition) is 4. The predicted molar refractivity (Wildman–Crippen MR) is 100 cm³/mol. The summed E-state index contributed by atoms with van der Waals surface area (Å²) in [7, 11) is 0. The number of carboxylic acids is 1. The van der Waals surface area contributed by atoms with E-state index in [0.29, 0.717) is 25.8 Å². The lowest BCUT2D eigenvalue weighted by Crippen LogP contribution is -2.50. The molecule has 6 nitrogen and oxygen atoms in total. The molecule has 2 rings (SSSR count). The minimum absolute atomic E-state index is 0.245. The zero-order chi connectivity index (χ0) is 19.2. The number of hydrogen-bond donors (Lipinski definition) is 3. The highest BCUT2D eigenvalue weighted by atomic mass is 16.6. The maximum absolute atomic E-state index is 12.2. The van der Waals surface area contributed by atoms with Gasteiger partial charge in [-0.1, -0.05) is 43.2 Å². The minimum Gasteiger partial charge on any atom is -0.480 e. The fourth-order valence-corrected chi connectivity index (χ4v) is 3.36. The number of carbonyl (C=O) groups excluding carboxylic acids is 1. The summed E-state index contributed by atoms with van der Waals surface area (Å²) in [5, 5.41) is 15.7. The summed E-state index contributed by atoms with van der Waals surface area (Å²) in [5.74, 6) is -0.786. The van der Waals surface area contributed by atoms with Gasteiger partial charge in [-0.3, -0.25) is 4.79 Å². The van der Waals surface area contributed by atoms with Crippen LogP contribution >= 0.6 is 0 Å². The Labute approximate surface area is 155 Å². The van der Waals surface area contributed by atoms with Crippen LogP contribution in [0.4, 0.5) is 4.79 Å². The van der Waals surface area contributed by atoms with Gasteiger partial charge < -0.3 is 20.5 Å². The molecule has 1 aliphatic rings. The molecule has 144 valence electrons. The van der Waals surface area contributed by atoms with Crippen molar-refractivity contribution in [2.24, 2.45) is 0 Å². The highest BCUT2D eigenvalue weighted by Crippen LogP contribution is 2.30. The number of amides is 1. The van der Waals surface area contributed by atoms with Crippen molar-refractivity contribution < 1.29 is 19.4 Å². The average molecular weight is 362 g/mol. The Balaban J connectivity index is 2.00. The largest absolute Gasteiger partial charge is 0.480 e. The number of nitrogens with one attached hydrogen (secondary N) is 2. The molecular formula is C20H30N2O4. The van der Waals surface area contributed by atoms with Gasteiger partial charge in [0.2, 0.25) is 0 Å². The van der Waals surface area contributed by atoms with E-state index in [2.05, 4.69) is 10.6 Å². The summed E-state index contributed by atoms with van der Waals surface area (Å²) < 4.78 is 5.36. The molecule has 1 aliphatic carbocycles. The second-order valence-corrected chi connectivity index (χ2v) is 7.92. The van der Waals surface area contributed by atoms with Crippen LogP contribution in [0, 0.1) is 0 Å². The van der Waals surface area contributed by atoms with E-state index in [9.17, 15) is 14.7 Å². The van der Waals surface area contributed by atoms with Crippen molar-refractivity contribution in [1.29, 1.82) is 0 Å². The lowest BCUT2D eigenvalue weighted by Gasteiger charge is -2.28. The van der Waals surface area contributed by atoms with E-state index in [0.717, 1.165) is 18.4 Å². The molecule has 0 aromatic heterocycles. The molecule has 0 radical (unpaired) electrons. The summed E-state index contributed by atoms with van der Waals surface area (Å²) in [6, 6.07) is 9.41. The molecule has 1 aromatic rings. The Kier molecular flexibility index (Phi) is 6.64. The first-order valence-electron chi connectivity index (χ1n) is 9.25. The van der Waals surface area contributed by atoms with Crippen molar-refractivity contribution in [3.63, 3.8) is 0 Å². The fourth-order valence-electron chi connectivity index (χ4n) is 3.36. The van der Waals surface area contributed by atoms with Crippen LogP contribution in [-0.2, 0) is 9.53 Å². The Morgan fingerprint density at radius 1 is 1.19 bits per heavy atom. The quantitative estimate of drug-likeness (QED) is 0.689. The van der Waals surface area contributed by atoms with Crippen LogP contribution in [0.2, 0.25) is 0 Å². The monoisotopic (exact) mass is 362 g/mol. The molecule has 1 atom stereocenters. The first-order valence-corrected chi connectivity index (χ1v) is 9.25. The van der Waals surface area contributed by atoms with Gasteiger partial charge in [0.1, 0.15) is 11.1 Å². The molecule has 6 heteroatoms. The van der Waals surface area contributed by atoms with Crippen molar-refractivity contribution >= 4 is 12.1 Å². The SMILES string of the molecule is CC(C)(C)OC(=O)N[C@@H](CCNC1(C(=O)O)CCCC1)c1ccccc1. The van der Waals surface area contributed by atoms with Crippen molar-refractivity contribution in [2.75, 3.05) is 6.54 Å². The molecule has 26 heavy (non-hydrogen) atoms. The molecule has 0 aliphatic heterocycles. The van der Waals surface area contributed by atoms with Crippen molar-refractivity contribution in [3.05, 3.63) is 35.9 Å². The third-order valence-corrected chi connectivity index (χ3v) is 4.66. The summed E-state index contributed by atoms with van der Waals surface area (Å²) in [6.45, 7) is 5.97. The molecule has 0 saturated heterocycles. The lowest BCUT2D eigenvalue weighted by atomic mass is 9.97. The Bertz CT molecular complexity index is 604. The number of alkyl carbamates (subject to hydrolysis) is 1. The summed E-state index contributed by atoms with van der Waals surface area (Å²) in [6.07, 6.45) is 3.27. The van der Waals surface area contributed by atoms with Crippen LogP contribution < -0.4 is 10.6 Å². The van der Waals surface area contributed by atoms with E-state index in [-0.39, 0.29) is 6.04 Å². The molecule has 0 bridgehead atoms. The second-order valence-electron chi connectivity index (χ2n) is 7.92. The number of carboxylic acid groups (broad SMARTS) is 1. The van der Waals surface area contributed by atoms with E-state index in [1.165, 1.54) is 0 Å². The Morgan fingerprint density at radius 3 is 2.35 bits per heavy atom. The highest BCUT2D eigenvalue weighted by Gasteiger charge is 2.40. The van der Waals surface area contributed by atoms with Crippen molar-refractivity contribution in [1.82, 2.24) is 10.6 Å². The van der Waals surface area contributed by atoms with E-state index in [1.54, 1.807) is 0 Å². The number of benzene rings is 1. The standard InChI is InChI=1S/C20H30N2O4/c1-19(2,3)26-18(25)22-16(15-9-5-4-6-10-15)11-14-21-20(17(23)24)12-7-8-13-20/h4-6,9-10,16,21H,7-8,11-14H2,1-3H3,(H,22,25)(H,23,24)/t16-/m0/s1. The van der Waals surface area contributed by atoms with Gasteiger partial charge >= 0.3 is 12.1 Å². The van der Waals surface area contributed by atoms with Crippen LogP contribution in [0.3, 0.4) is 0 Å². The van der Waals surface area contributed by atoms with Crippen molar-refractivity contribution in [3.8, 4) is 0 Å². The van der Waals surface area contributed by atoms with Crippen LogP contribution in [0.1, 0.15) is 64.5 Å². The van der Waals surface area contributed by atoms with Crippen LogP contribution in [0.5, 0.6) is 0 Å². The first kappa shape index (κ1) is 20.2. The molecule has 1 amide bonds. The molecule has 1 aromatic carbocycles. The van der Waals surface area contributed by atoms with Crippen molar-refractivity contribution in [2.45, 2.75) is 70.1 Å². The lowest BCUT2D eigenvalue weighted by molar-refractivity contribution is -0.144. The zero-order valence-corrected chi connectivity index (χ0v) is 15.9. The third-order valence-electron chi connectivity index (χ3n) is 4.66. The minimum atomic E-state index is -0.826. The maximum atomic E-state index is 12.2. The van der Waals surface area contributed by atoms with E-state index < -0.39 is 23.2 Å². The maximum Gasteiger partial charge on any atom is 0.408 e. The summed E-state index contributed by atoms with van der Waals surface area (Å²) >= 11 is 0. The Hall–Kier alpha value is -2.08. The van der Waals surface area contributed by atoms with Gasteiger partial charge in [0.05, 0.1) is 6.04 Å². The Morgan fingerprint density at radius 2 is 1.81 bits per heavy atom. The van der Waals surface area contributed by atoms with Gasteiger partial charge in [0.25, 0.3) is 0 Å². The van der Waals surface area contributed by atoms with Gasteiger partial charge in [0, 0.05) is 0 Å². The van der Waals surface area contributed by atoms with Gasteiger partial charge in [-0.05, 0) is 52.1 Å². The van der Waals surface area contributed by atoms with Crippen LogP contribution in [0.15, 0.2) is 30.3 Å². The molecule has 0 heterocycles. The molecular weight excluding hydrogens is 332 g/mol. The number of rotatable bonds is 7. The molecule has 1 fully saturated rings. The number of carbonyl (C=O) groups is 2. The smallest absolute Gasteiger partial charge is 0.408 e. The number of aliphatic carboxylic acids is 1. The number of ether oxygens (including phenoxy) is 1. The zero-order valence-electron chi connectivity index (χ0n) is 15.9. The third kappa shape index (κ3) is 5.73. The van der Waals surface area contributed by atoms with Gasteiger partial charge in [0.15, 0.2) is 0 Å². The van der Waals surface area contributed by atoms with Crippen LogP contribution in [0.25, 0.3) is 0 Å². The highest BCUT2D eigenvalue weighted by molar-refractivity contribution is 5.79. The molecule has 1 saturated carbocycles. The van der Waals surface area contributed by atoms with Gasteiger partial charge in [-0.25, -0.2) is 4.79 Å². The van der Waals surface area contributed by atoms with Gasteiger partial charge in [-0.15, -0.1) is 0 Å². The summed E-state index contributed by atoms with van der Waals surface area (Å²) in [4.78, 5) is 23.8. The molecule has 3 N–H and O–H groups in total. The van der Waals surface area contributed by atoms with E-state index in [4.69, 9.17) is 4.74 Å². The summed E-state index contributed by atoms with van der Waals surface area (Å²) in [5.41, 5.74) is -0.426.